The Morgan fingerprint density at radius 2 is 1.76 bits per heavy atom. The number of aliphatic hydroxyl groups is 2. The van der Waals surface area contributed by atoms with Gasteiger partial charge in [-0.25, -0.2) is 13.6 Å². The predicted octanol–water partition coefficient (Wildman–Crippen LogP) is 0.583. The maximum atomic E-state index is 13.5. The van der Waals surface area contributed by atoms with E-state index in [9.17, 15) is 28.6 Å². The fourth-order valence-corrected chi connectivity index (χ4v) is 1.74. The van der Waals surface area contributed by atoms with Gasteiger partial charge in [0.25, 0.3) is 0 Å². The zero-order valence-corrected chi connectivity index (χ0v) is 11.1. The number of hydrogen-bond acceptors (Lipinski definition) is 4. The molecule has 0 aliphatic heterocycles. The van der Waals surface area contributed by atoms with Gasteiger partial charge in [0.05, 0.1) is 6.10 Å². The van der Waals surface area contributed by atoms with Crippen molar-refractivity contribution in [2.45, 2.75) is 25.6 Å². The van der Waals surface area contributed by atoms with Crippen LogP contribution in [0.4, 0.5) is 8.78 Å². The highest BCUT2D eigenvalue weighted by Gasteiger charge is 2.24. The Kier molecular flexibility index (Phi) is 5.74. The molecular formula is C13H15F2NO5. The molecule has 21 heavy (non-hydrogen) atoms. The van der Waals surface area contributed by atoms with E-state index in [-0.39, 0.29) is 24.4 Å². The number of rotatable bonds is 6. The Morgan fingerprint density at radius 1 is 1.24 bits per heavy atom. The lowest BCUT2D eigenvalue weighted by Gasteiger charge is -2.18. The number of aliphatic hydroxyl groups excluding tert-OH is 2. The van der Waals surface area contributed by atoms with E-state index in [0.717, 1.165) is 0 Å². The SMILES string of the molecule is CC(=O)NCCC(O)C(O)c1cc(F)c(C(=O)O)c(F)c1. The van der Waals surface area contributed by atoms with Gasteiger partial charge in [0.2, 0.25) is 5.91 Å². The van der Waals surface area contributed by atoms with Crippen molar-refractivity contribution in [3.8, 4) is 0 Å². The van der Waals surface area contributed by atoms with E-state index in [1.54, 1.807) is 0 Å². The van der Waals surface area contributed by atoms with Crippen LogP contribution < -0.4 is 5.32 Å². The van der Waals surface area contributed by atoms with Gasteiger partial charge in [-0.15, -0.1) is 0 Å². The Labute approximate surface area is 119 Å². The van der Waals surface area contributed by atoms with E-state index >= 15 is 0 Å². The lowest BCUT2D eigenvalue weighted by molar-refractivity contribution is -0.119. The van der Waals surface area contributed by atoms with Crippen molar-refractivity contribution in [3.63, 3.8) is 0 Å². The third-order valence-corrected chi connectivity index (χ3v) is 2.80. The number of halogens is 2. The highest BCUT2D eigenvalue weighted by Crippen LogP contribution is 2.23. The number of carbonyl (C=O) groups is 2. The van der Waals surface area contributed by atoms with E-state index in [0.29, 0.717) is 12.1 Å². The molecule has 0 saturated heterocycles. The number of carboxylic acids is 1. The molecule has 2 unspecified atom stereocenters. The van der Waals surface area contributed by atoms with Crippen LogP contribution in [0.15, 0.2) is 12.1 Å². The highest BCUT2D eigenvalue weighted by molar-refractivity contribution is 5.88. The van der Waals surface area contributed by atoms with Crippen LogP contribution in [-0.2, 0) is 4.79 Å². The summed E-state index contributed by atoms with van der Waals surface area (Å²) in [5.41, 5.74) is -1.41. The number of aromatic carboxylic acids is 1. The summed E-state index contributed by atoms with van der Waals surface area (Å²) in [5, 5.41) is 30.5. The molecule has 4 N–H and O–H groups in total. The second-order valence-corrected chi connectivity index (χ2v) is 4.45. The minimum absolute atomic E-state index is 0.0370. The fraction of sp³-hybridized carbons (Fsp3) is 0.385. The van der Waals surface area contributed by atoms with E-state index < -0.39 is 35.4 Å². The highest BCUT2D eigenvalue weighted by atomic mass is 19.1. The van der Waals surface area contributed by atoms with Gasteiger partial charge in [0.15, 0.2) is 0 Å². The van der Waals surface area contributed by atoms with E-state index in [1.165, 1.54) is 6.92 Å². The molecule has 1 aromatic carbocycles. The summed E-state index contributed by atoms with van der Waals surface area (Å²) in [5.74, 6) is -4.77. The average Bonchev–Trinajstić information content (AvgIpc) is 2.35. The third kappa shape index (κ3) is 4.47. The Hall–Kier alpha value is -2.06. The largest absolute Gasteiger partial charge is 0.477 e. The molecular weight excluding hydrogens is 288 g/mol. The standard InChI is InChI=1S/C13H15F2NO5/c1-6(17)16-3-2-10(18)12(19)7-4-8(14)11(13(20)21)9(15)5-7/h4-5,10,12,18-19H,2-3H2,1H3,(H,16,17)(H,20,21). The van der Waals surface area contributed by atoms with Gasteiger partial charge in [0, 0.05) is 13.5 Å². The molecule has 6 nitrogen and oxygen atoms in total. The van der Waals surface area contributed by atoms with E-state index in [2.05, 4.69) is 5.32 Å². The van der Waals surface area contributed by atoms with Crippen LogP contribution in [-0.4, -0.2) is 39.8 Å². The van der Waals surface area contributed by atoms with Crippen molar-refractivity contribution < 1.29 is 33.7 Å². The molecule has 0 aliphatic rings. The van der Waals surface area contributed by atoms with Gasteiger partial charge in [-0.3, -0.25) is 4.79 Å². The molecule has 0 saturated carbocycles. The van der Waals surface area contributed by atoms with Crippen LogP contribution in [0.3, 0.4) is 0 Å². The Bertz CT molecular complexity index is 526. The van der Waals surface area contributed by atoms with E-state index in [4.69, 9.17) is 5.11 Å². The molecule has 1 rings (SSSR count). The molecule has 0 radical (unpaired) electrons. The summed E-state index contributed by atoms with van der Waals surface area (Å²) in [6.07, 6.45) is -3.01. The summed E-state index contributed by atoms with van der Waals surface area (Å²) in [4.78, 5) is 21.3. The number of carbonyl (C=O) groups excluding carboxylic acids is 1. The van der Waals surface area contributed by atoms with Crippen LogP contribution in [0.2, 0.25) is 0 Å². The van der Waals surface area contributed by atoms with Gasteiger partial charge >= 0.3 is 5.97 Å². The molecule has 0 fully saturated rings. The predicted molar refractivity (Wildman–Crippen MR) is 67.6 cm³/mol. The van der Waals surface area contributed by atoms with Crippen molar-refractivity contribution in [1.29, 1.82) is 0 Å². The topological polar surface area (TPSA) is 107 Å². The van der Waals surface area contributed by atoms with Gasteiger partial charge in [-0.2, -0.15) is 0 Å². The summed E-state index contributed by atoms with van der Waals surface area (Å²) in [6.45, 7) is 1.35. The van der Waals surface area contributed by atoms with Crippen molar-refractivity contribution in [3.05, 3.63) is 34.9 Å². The summed E-state index contributed by atoms with van der Waals surface area (Å²) >= 11 is 0. The number of benzene rings is 1. The first-order valence-corrected chi connectivity index (χ1v) is 6.06. The summed E-state index contributed by atoms with van der Waals surface area (Å²) in [6, 6.07) is 1.30. The third-order valence-electron chi connectivity index (χ3n) is 2.80. The number of hydrogen-bond donors (Lipinski definition) is 4. The second-order valence-electron chi connectivity index (χ2n) is 4.45. The smallest absolute Gasteiger partial charge is 0.341 e. The maximum absolute atomic E-state index is 13.5. The van der Waals surface area contributed by atoms with Crippen LogP contribution in [0.5, 0.6) is 0 Å². The Balaban J connectivity index is 2.85. The first-order valence-electron chi connectivity index (χ1n) is 6.06. The summed E-state index contributed by atoms with van der Waals surface area (Å²) < 4.78 is 26.9. The normalized spacial score (nSPS) is 13.6. The lowest BCUT2D eigenvalue weighted by atomic mass is 10.00. The monoisotopic (exact) mass is 303 g/mol. The molecule has 116 valence electrons. The van der Waals surface area contributed by atoms with Crippen LogP contribution in [0.25, 0.3) is 0 Å². The molecule has 0 aliphatic carbocycles. The van der Waals surface area contributed by atoms with Crippen molar-refractivity contribution in [2.24, 2.45) is 0 Å². The van der Waals surface area contributed by atoms with Gasteiger partial charge in [-0.1, -0.05) is 0 Å². The van der Waals surface area contributed by atoms with Gasteiger partial charge < -0.3 is 20.6 Å². The second kappa shape index (κ2) is 7.09. The van der Waals surface area contributed by atoms with Crippen molar-refractivity contribution in [1.82, 2.24) is 5.32 Å². The number of amides is 1. The average molecular weight is 303 g/mol. The number of nitrogens with one attached hydrogen (secondary N) is 1. The molecule has 0 bridgehead atoms. The molecule has 1 amide bonds. The van der Waals surface area contributed by atoms with Crippen LogP contribution >= 0.6 is 0 Å². The lowest BCUT2D eigenvalue weighted by Crippen LogP contribution is -2.27. The Morgan fingerprint density at radius 3 is 2.19 bits per heavy atom. The minimum atomic E-state index is -1.77. The van der Waals surface area contributed by atoms with E-state index in [1.807, 2.05) is 0 Å². The van der Waals surface area contributed by atoms with Crippen molar-refractivity contribution >= 4 is 11.9 Å². The van der Waals surface area contributed by atoms with Gasteiger partial charge in [-0.05, 0) is 24.1 Å². The quantitative estimate of drug-likeness (QED) is 0.615. The fourth-order valence-electron chi connectivity index (χ4n) is 1.74. The molecule has 0 spiro atoms. The minimum Gasteiger partial charge on any atom is -0.477 e. The van der Waals surface area contributed by atoms with Crippen molar-refractivity contribution in [2.75, 3.05) is 6.54 Å². The molecule has 0 heterocycles. The van der Waals surface area contributed by atoms with Crippen LogP contribution in [0, 0.1) is 11.6 Å². The van der Waals surface area contributed by atoms with Gasteiger partial charge in [0.1, 0.15) is 23.3 Å². The molecule has 2 atom stereocenters. The summed E-state index contributed by atoms with van der Waals surface area (Å²) in [7, 11) is 0. The first-order chi connectivity index (χ1) is 9.73. The zero-order chi connectivity index (χ0) is 16.2. The maximum Gasteiger partial charge on any atom is 0.341 e. The molecule has 1 aromatic rings. The molecule has 0 aromatic heterocycles. The number of carboxylic acid groups (broad SMARTS) is 1. The molecule has 8 heteroatoms. The first kappa shape index (κ1) is 17.0. The zero-order valence-electron chi connectivity index (χ0n) is 11.1. The van der Waals surface area contributed by atoms with Crippen LogP contribution in [0.1, 0.15) is 35.4 Å².